The molecule has 144 valence electrons. The Morgan fingerprint density at radius 1 is 1.18 bits per heavy atom. The number of hydrogen-bond acceptors (Lipinski definition) is 4. The highest BCUT2D eigenvalue weighted by atomic mass is 19.1. The molecule has 2 atom stereocenters. The van der Waals surface area contributed by atoms with Crippen LogP contribution >= 0.6 is 0 Å². The van der Waals surface area contributed by atoms with Gasteiger partial charge in [0.25, 0.3) is 0 Å². The van der Waals surface area contributed by atoms with Crippen molar-refractivity contribution in [3.8, 4) is 11.8 Å². The van der Waals surface area contributed by atoms with E-state index in [0.717, 1.165) is 19.0 Å². The van der Waals surface area contributed by atoms with Crippen molar-refractivity contribution in [2.24, 2.45) is 11.8 Å². The molecule has 2 aromatic rings. The number of hydrogen-bond donors (Lipinski definition) is 0. The van der Waals surface area contributed by atoms with Crippen molar-refractivity contribution in [1.29, 1.82) is 5.26 Å². The molecule has 28 heavy (non-hydrogen) atoms. The molecule has 2 aromatic carbocycles. The smallest absolute Gasteiger partial charge is 0.193 e. The molecule has 0 N–H and O–H groups in total. The lowest BCUT2D eigenvalue weighted by atomic mass is 10.0. The summed E-state index contributed by atoms with van der Waals surface area (Å²) in [7, 11) is 2.18. The maximum atomic E-state index is 14.4. The minimum absolute atomic E-state index is 0.192. The van der Waals surface area contributed by atoms with Gasteiger partial charge in [0.15, 0.2) is 17.3 Å². The van der Waals surface area contributed by atoms with Crippen LogP contribution in [0.15, 0.2) is 42.5 Å². The second-order valence-corrected chi connectivity index (χ2v) is 7.90. The first-order chi connectivity index (χ1) is 13.5. The molecule has 2 fully saturated rings. The third kappa shape index (κ3) is 4.23. The van der Waals surface area contributed by atoms with Crippen LogP contribution < -0.4 is 4.74 Å². The number of carbonyl (C=O) groups is 1. The van der Waals surface area contributed by atoms with Crippen molar-refractivity contribution >= 4 is 5.78 Å². The van der Waals surface area contributed by atoms with Crippen molar-refractivity contribution in [3.63, 3.8) is 0 Å². The summed E-state index contributed by atoms with van der Waals surface area (Å²) in [6.45, 7) is 1.61. The van der Waals surface area contributed by atoms with Gasteiger partial charge in [0.2, 0.25) is 0 Å². The first-order valence-corrected chi connectivity index (χ1v) is 9.72. The van der Waals surface area contributed by atoms with E-state index in [9.17, 15) is 9.18 Å². The molecule has 0 aliphatic heterocycles. The van der Waals surface area contributed by atoms with Gasteiger partial charge in [-0.1, -0.05) is 0 Å². The standard InChI is InChI=1S/C23H23FN2O2/c1-26(20-7-8-20)13-18-10-19(18)14-28-22-9-6-17(11-21(22)24)23(27)16-4-2-15(12-25)3-5-16/h2-6,9,11,18-20H,7-8,10,13-14H2,1H3. The number of halogens is 1. The summed E-state index contributed by atoms with van der Waals surface area (Å²) in [4.78, 5) is 14.9. The highest BCUT2D eigenvalue weighted by Gasteiger charge is 2.40. The number of rotatable bonds is 8. The zero-order valence-electron chi connectivity index (χ0n) is 15.9. The van der Waals surface area contributed by atoms with Crippen molar-refractivity contribution in [1.82, 2.24) is 4.90 Å². The fourth-order valence-electron chi connectivity index (χ4n) is 3.59. The Balaban J connectivity index is 1.32. The Labute approximate surface area is 164 Å². The number of benzene rings is 2. The molecule has 2 saturated carbocycles. The van der Waals surface area contributed by atoms with Gasteiger partial charge in [0.05, 0.1) is 18.2 Å². The monoisotopic (exact) mass is 378 g/mol. The van der Waals surface area contributed by atoms with Crippen molar-refractivity contribution in [2.75, 3.05) is 20.2 Å². The van der Waals surface area contributed by atoms with E-state index in [4.69, 9.17) is 10.00 Å². The van der Waals surface area contributed by atoms with Gasteiger partial charge in [0, 0.05) is 23.7 Å². The van der Waals surface area contributed by atoms with Gasteiger partial charge in [-0.25, -0.2) is 4.39 Å². The summed E-state index contributed by atoms with van der Waals surface area (Å²) < 4.78 is 20.1. The molecular formula is C23H23FN2O2. The van der Waals surface area contributed by atoms with E-state index in [0.29, 0.717) is 29.6 Å². The molecule has 0 aromatic heterocycles. The Kier molecular flexibility index (Phi) is 5.15. The van der Waals surface area contributed by atoms with Gasteiger partial charge in [-0.05, 0) is 80.6 Å². The number of carbonyl (C=O) groups excluding carboxylic acids is 1. The van der Waals surface area contributed by atoms with Gasteiger partial charge in [-0.15, -0.1) is 0 Å². The number of nitrogens with zero attached hydrogens (tertiary/aromatic N) is 2. The number of ketones is 1. The quantitative estimate of drug-likeness (QED) is 0.651. The lowest BCUT2D eigenvalue weighted by Crippen LogP contribution is -2.24. The molecule has 5 heteroatoms. The Bertz CT molecular complexity index is 915. The lowest BCUT2D eigenvalue weighted by Gasteiger charge is -2.15. The van der Waals surface area contributed by atoms with Gasteiger partial charge in [-0.2, -0.15) is 5.26 Å². The summed E-state index contributed by atoms with van der Waals surface area (Å²) in [5, 5.41) is 8.83. The molecular weight excluding hydrogens is 355 g/mol. The molecule has 0 heterocycles. The minimum atomic E-state index is -0.521. The fraction of sp³-hybridized carbons (Fsp3) is 0.391. The van der Waals surface area contributed by atoms with Crippen molar-refractivity contribution in [3.05, 3.63) is 65.0 Å². The van der Waals surface area contributed by atoms with E-state index in [1.165, 1.54) is 25.0 Å². The van der Waals surface area contributed by atoms with Crippen molar-refractivity contribution in [2.45, 2.75) is 25.3 Å². The Morgan fingerprint density at radius 2 is 1.89 bits per heavy atom. The van der Waals surface area contributed by atoms with Crippen LogP contribution in [-0.2, 0) is 0 Å². The van der Waals surface area contributed by atoms with E-state index in [2.05, 4.69) is 11.9 Å². The average Bonchev–Trinajstić information content (AvgIpc) is 3.62. The van der Waals surface area contributed by atoms with E-state index in [-0.39, 0.29) is 17.1 Å². The van der Waals surface area contributed by atoms with Crippen LogP contribution in [0.2, 0.25) is 0 Å². The predicted molar refractivity (Wildman–Crippen MR) is 104 cm³/mol. The van der Waals surface area contributed by atoms with Crippen LogP contribution in [0.25, 0.3) is 0 Å². The van der Waals surface area contributed by atoms with Gasteiger partial charge in [0.1, 0.15) is 0 Å². The average molecular weight is 378 g/mol. The summed E-state index contributed by atoms with van der Waals surface area (Å²) in [5.41, 5.74) is 1.17. The summed E-state index contributed by atoms with van der Waals surface area (Å²) in [6, 6.07) is 13.4. The van der Waals surface area contributed by atoms with Gasteiger partial charge >= 0.3 is 0 Å². The third-order valence-electron chi connectivity index (χ3n) is 5.68. The second-order valence-electron chi connectivity index (χ2n) is 7.90. The van der Waals surface area contributed by atoms with Gasteiger partial charge < -0.3 is 9.64 Å². The SMILES string of the molecule is CN(CC1CC1COc1ccc(C(=O)c2ccc(C#N)cc2)cc1F)C1CC1. The van der Waals surface area contributed by atoms with Crippen LogP contribution in [0.3, 0.4) is 0 Å². The number of ether oxygens (including phenoxy) is 1. The maximum Gasteiger partial charge on any atom is 0.193 e. The third-order valence-corrected chi connectivity index (χ3v) is 5.68. The van der Waals surface area contributed by atoms with Crippen LogP contribution in [-0.4, -0.2) is 36.9 Å². The van der Waals surface area contributed by atoms with Crippen LogP contribution in [0.4, 0.5) is 4.39 Å². The van der Waals surface area contributed by atoms with E-state index < -0.39 is 5.82 Å². The highest BCUT2D eigenvalue weighted by Crippen LogP contribution is 2.41. The predicted octanol–water partition coefficient (Wildman–Crippen LogP) is 4.04. The topological polar surface area (TPSA) is 53.3 Å². The summed E-state index contributed by atoms with van der Waals surface area (Å²) >= 11 is 0. The summed E-state index contributed by atoms with van der Waals surface area (Å²) in [6.07, 6.45) is 3.75. The van der Waals surface area contributed by atoms with Crippen LogP contribution in [0.5, 0.6) is 5.75 Å². The Morgan fingerprint density at radius 3 is 2.54 bits per heavy atom. The first-order valence-electron chi connectivity index (χ1n) is 9.72. The second kappa shape index (κ2) is 7.73. The zero-order chi connectivity index (χ0) is 19.7. The first kappa shape index (κ1) is 18.6. The lowest BCUT2D eigenvalue weighted by molar-refractivity contribution is 0.103. The molecule has 4 rings (SSSR count). The minimum Gasteiger partial charge on any atom is -0.490 e. The zero-order valence-corrected chi connectivity index (χ0v) is 15.9. The van der Waals surface area contributed by atoms with Crippen molar-refractivity contribution < 1.29 is 13.9 Å². The molecule has 0 amide bonds. The Hall–Kier alpha value is -2.71. The normalized spacial score (nSPS) is 20.6. The molecule has 0 radical (unpaired) electrons. The molecule has 2 aliphatic rings. The van der Waals surface area contributed by atoms with E-state index in [1.54, 1.807) is 30.3 Å². The highest BCUT2D eigenvalue weighted by molar-refractivity contribution is 6.09. The van der Waals surface area contributed by atoms with Crippen LogP contribution in [0, 0.1) is 29.0 Å². The van der Waals surface area contributed by atoms with Crippen LogP contribution in [0.1, 0.15) is 40.7 Å². The van der Waals surface area contributed by atoms with Gasteiger partial charge in [-0.3, -0.25) is 4.79 Å². The molecule has 0 saturated heterocycles. The van der Waals surface area contributed by atoms with E-state index in [1.807, 2.05) is 6.07 Å². The molecule has 0 spiro atoms. The van der Waals surface area contributed by atoms with E-state index >= 15 is 0 Å². The maximum absolute atomic E-state index is 14.4. The summed E-state index contributed by atoms with van der Waals surface area (Å²) in [5.74, 6) is 0.524. The number of nitriles is 1. The fourth-order valence-corrected chi connectivity index (χ4v) is 3.59. The molecule has 4 nitrogen and oxygen atoms in total. The molecule has 0 bridgehead atoms. The largest absolute Gasteiger partial charge is 0.490 e. The molecule has 2 unspecified atom stereocenters. The molecule has 2 aliphatic carbocycles.